The van der Waals surface area contributed by atoms with Gasteiger partial charge < -0.3 is 4.90 Å². The first-order chi connectivity index (χ1) is 27.3. The van der Waals surface area contributed by atoms with Gasteiger partial charge in [-0.2, -0.15) is 0 Å². The fraction of sp³-hybridized carbons (Fsp3) is 0. The molecule has 2 aromatic heterocycles. The predicted octanol–water partition coefficient (Wildman–Crippen LogP) is 12.9. The lowest BCUT2D eigenvalue weighted by atomic mass is 9.91. The van der Waals surface area contributed by atoms with Gasteiger partial charge in [0.25, 0.3) is 0 Å². The summed E-state index contributed by atoms with van der Waals surface area (Å²) in [5, 5.41) is 5.42. The average Bonchev–Trinajstić information content (AvgIpc) is 3.27. The van der Waals surface area contributed by atoms with Crippen LogP contribution in [0.5, 0.6) is 0 Å². The van der Waals surface area contributed by atoms with Crippen molar-refractivity contribution < 1.29 is 0 Å². The van der Waals surface area contributed by atoms with Gasteiger partial charge in [-0.05, 0) is 53.2 Å². The number of hydrogen-bond donors (Lipinski definition) is 0. The van der Waals surface area contributed by atoms with Crippen LogP contribution in [0.3, 0.4) is 0 Å². The molecule has 55 heavy (non-hydrogen) atoms. The van der Waals surface area contributed by atoms with Crippen LogP contribution >= 0.6 is 0 Å². The van der Waals surface area contributed by atoms with Crippen molar-refractivity contribution in [1.29, 1.82) is 0 Å². The number of aromatic nitrogens is 4. The molecule has 258 valence electrons. The second-order valence-corrected chi connectivity index (χ2v) is 13.5. The van der Waals surface area contributed by atoms with Crippen molar-refractivity contribution in [2.75, 3.05) is 4.90 Å². The molecule has 0 amide bonds. The highest BCUT2D eigenvalue weighted by Gasteiger charge is 2.21. The fourth-order valence-corrected chi connectivity index (χ4v) is 7.53. The summed E-state index contributed by atoms with van der Waals surface area (Å²) in [4.78, 5) is 23.1. The number of rotatable bonds is 7. The number of para-hydroxylation sites is 2. The summed E-state index contributed by atoms with van der Waals surface area (Å²) in [6, 6.07) is 69.1. The number of pyridine rings is 1. The summed E-state index contributed by atoms with van der Waals surface area (Å²) in [6.07, 6.45) is 0. The minimum absolute atomic E-state index is 0.613. The average molecular weight is 704 g/mol. The van der Waals surface area contributed by atoms with E-state index in [9.17, 15) is 0 Å². The molecule has 10 rings (SSSR count). The van der Waals surface area contributed by atoms with E-state index in [-0.39, 0.29) is 0 Å². The van der Waals surface area contributed by atoms with Crippen molar-refractivity contribution in [3.8, 4) is 45.4 Å². The number of hydrogen-bond acceptors (Lipinski definition) is 5. The van der Waals surface area contributed by atoms with Crippen LogP contribution in [-0.2, 0) is 0 Å². The molecule has 0 radical (unpaired) electrons. The number of nitrogens with zero attached hydrogens (tertiary/aromatic N) is 5. The van der Waals surface area contributed by atoms with Crippen LogP contribution in [0.15, 0.2) is 200 Å². The smallest absolute Gasteiger partial charge is 0.164 e. The van der Waals surface area contributed by atoms with E-state index in [1.165, 1.54) is 0 Å². The normalized spacial score (nSPS) is 11.3. The van der Waals surface area contributed by atoms with Gasteiger partial charge in [-0.15, -0.1) is 0 Å². The van der Waals surface area contributed by atoms with E-state index in [1.54, 1.807) is 0 Å². The molecule has 8 aromatic carbocycles. The zero-order valence-corrected chi connectivity index (χ0v) is 29.8. The molecule has 0 fully saturated rings. The third kappa shape index (κ3) is 5.94. The van der Waals surface area contributed by atoms with Crippen molar-refractivity contribution >= 4 is 49.5 Å². The van der Waals surface area contributed by atoms with E-state index in [0.717, 1.165) is 77.5 Å². The largest absolute Gasteiger partial charge is 0.310 e. The molecule has 0 aliphatic heterocycles. The molecule has 5 heteroatoms. The van der Waals surface area contributed by atoms with Gasteiger partial charge in [0, 0.05) is 55.5 Å². The second kappa shape index (κ2) is 13.8. The molecular formula is C50H33N5. The predicted molar refractivity (Wildman–Crippen MR) is 227 cm³/mol. The van der Waals surface area contributed by atoms with Crippen molar-refractivity contribution in [2.24, 2.45) is 0 Å². The van der Waals surface area contributed by atoms with E-state index < -0.39 is 0 Å². The zero-order chi connectivity index (χ0) is 36.6. The lowest BCUT2D eigenvalue weighted by Crippen LogP contribution is -2.09. The summed E-state index contributed by atoms with van der Waals surface area (Å²) in [5.41, 5.74) is 8.83. The highest BCUT2D eigenvalue weighted by molar-refractivity contribution is 6.25. The third-order valence-electron chi connectivity index (χ3n) is 10.1. The first-order valence-electron chi connectivity index (χ1n) is 18.4. The first kappa shape index (κ1) is 32.2. The topological polar surface area (TPSA) is 54.8 Å². The van der Waals surface area contributed by atoms with Gasteiger partial charge in [0.15, 0.2) is 17.5 Å². The Hall–Kier alpha value is -7.50. The Kier molecular flexibility index (Phi) is 8.08. The minimum Gasteiger partial charge on any atom is -0.310 e. The molecule has 0 aliphatic carbocycles. The maximum atomic E-state index is 5.50. The van der Waals surface area contributed by atoms with Gasteiger partial charge in [-0.3, -0.25) is 0 Å². The molecule has 0 N–H and O–H groups in total. The monoisotopic (exact) mass is 703 g/mol. The fourth-order valence-electron chi connectivity index (χ4n) is 7.53. The van der Waals surface area contributed by atoms with E-state index >= 15 is 0 Å². The van der Waals surface area contributed by atoms with Crippen LogP contribution in [-0.4, -0.2) is 19.9 Å². The van der Waals surface area contributed by atoms with Crippen molar-refractivity contribution in [2.45, 2.75) is 0 Å². The Morgan fingerprint density at radius 1 is 0.309 bits per heavy atom. The van der Waals surface area contributed by atoms with Crippen molar-refractivity contribution in [1.82, 2.24) is 19.9 Å². The summed E-state index contributed by atoms with van der Waals surface area (Å²) >= 11 is 0. The Labute approximate surface area is 318 Å². The van der Waals surface area contributed by atoms with Crippen LogP contribution in [0.4, 0.5) is 17.1 Å². The minimum atomic E-state index is 0.613. The Balaban J connectivity index is 1.26. The van der Waals surface area contributed by atoms with E-state index in [0.29, 0.717) is 17.5 Å². The summed E-state index contributed by atoms with van der Waals surface area (Å²) < 4.78 is 0. The van der Waals surface area contributed by atoms with E-state index in [2.05, 4.69) is 126 Å². The Bertz CT molecular complexity index is 2860. The molecule has 0 saturated heterocycles. The van der Waals surface area contributed by atoms with E-state index in [4.69, 9.17) is 19.9 Å². The van der Waals surface area contributed by atoms with Gasteiger partial charge in [-0.1, -0.05) is 158 Å². The molecule has 10 aromatic rings. The maximum absolute atomic E-state index is 5.50. The number of fused-ring (bicyclic) bond motifs is 5. The number of benzene rings is 8. The van der Waals surface area contributed by atoms with Gasteiger partial charge in [0.05, 0.1) is 11.2 Å². The Morgan fingerprint density at radius 3 is 1.35 bits per heavy atom. The van der Waals surface area contributed by atoms with Gasteiger partial charge in [0.2, 0.25) is 0 Å². The van der Waals surface area contributed by atoms with Crippen molar-refractivity contribution in [3.05, 3.63) is 200 Å². The lowest BCUT2D eigenvalue weighted by molar-refractivity contribution is 1.08. The lowest BCUT2D eigenvalue weighted by Gasteiger charge is -2.26. The van der Waals surface area contributed by atoms with Crippen LogP contribution in [0.25, 0.3) is 77.9 Å². The highest BCUT2D eigenvalue weighted by Crippen LogP contribution is 2.43. The van der Waals surface area contributed by atoms with Crippen LogP contribution in [0.2, 0.25) is 0 Å². The molecule has 0 spiro atoms. The maximum Gasteiger partial charge on any atom is 0.164 e. The highest BCUT2D eigenvalue weighted by atomic mass is 15.1. The molecule has 5 nitrogen and oxygen atoms in total. The van der Waals surface area contributed by atoms with Crippen LogP contribution in [0.1, 0.15) is 0 Å². The van der Waals surface area contributed by atoms with Crippen molar-refractivity contribution in [3.63, 3.8) is 0 Å². The summed E-state index contributed by atoms with van der Waals surface area (Å²) in [6.45, 7) is 0. The third-order valence-corrected chi connectivity index (χ3v) is 10.1. The summed E-state index contributed by atoms with van der Waals surface area (Å²) in [7, 11) is 0. The second-order valence-electron chi connectivity index (χ2n) is 13.5. The molecule has 0 saturated carbocycles. The quantitative estimate of drug-likeness (QED) is 0.155. The Morgan fingerprint density at radius 2 is 0.782 bits per heavy atom. The van der Waals surface area contributed by atoms with Crippen LogP contribution < -0.4 is 4.90 Å². The molecule has 2 heterocycles. The molecule has 0 bridgehead atoms. The van der Waals surface area contributed by atoms with Crippen LogP contribution in [0, 0.1) is 0 Å². The first-order valence-corrected chi connectivity index (χ1v) is 18.4. The zero-order valence-electron chi connectivity index (χ0n) is 29.8. The molecular weight excluding hydrogens is 671 g/mol. The standard InChI is InChI=1S/C50H33N5/c1-6-18-34(19-7-1)47-44-33-43(50-53-48(35-20-8-2-9-21-35)52-49(54-50)36-22-10-3-11-23-36)40-28-16-17-29-41(40)46(44)42-31-30-39(32-45(42)51-47)55(37-24-12-4-13-25-37)38-26-14-5-15-27-38/h1-33H. The summed E-state index contributed by atoms with van der Waals surface area (Å²) in [5.74, 6) is 1.87. The molecule has 0 aliphatic rings. The SMILES string of the molecule is c1ccc(-c2nc(-c3ccccc3)nc(-c3cc4c(-c5ccccc5)nc5cc(N(c6ccccc6)c6ccccc6)ccc5c4c4ccccc34)n2)cc1. The molecule has 0 unspecified atom stereocenters. The van der Waals surface area contributed by atoms with E-state index in [1.807, 2.05) is 78.9 Å². The number of anilines is 3. The van der Waals surface area contributed by atoms with Gasteiger partial charge >= 0.3 is 0 Å². The van der Waals surface area contributed by atoms with Gasteiger partial charge in [0.1, 0.15) is 0 Å². The molecule has 0 atom stereocenters. The van der Waals surface area contributed by atoms with Gasteiger partial charge in [-0.25, -0.2) is 19.9 Å².